The van der Waals surface area contributed by atoms with Crippen molar-refractivity contribution in [2.45, 2.75) is 60.0 Å². The lowest BCUT2D eigenvalue weighted by atomic mass is 9.90. The average molecular weight is 374 g/mol. The van der Waals surface area contributed by atoms with Gasteiger partial charge in [0.1, 0.15) is 11.9 Å². The number of aliphatic imine (C=N–C) groups is 1. The summed E-state index contributed by atoms with van der Waals surface area (Å²) in [6, 6.07) is -0.995. The molecule has 1 aromatic rings. The van der Waals surface area contributed by atoms with Crippen LogP contribution in [0.2, 0.25) is 0 Å². The molecular formula is C19H28N5O3+. The fourth-order valence-corrected chi connectivity index (χ4v) is 3.46. The minimum atomic E-state index is -0.709. The third-order valence-corrected chi connectivity index (χ3v) is 5.42. The molecule has 0 spiro atoms. The predicted octanol–water partition coefficient (Wildman–Crippen LogP) is 2.15. The van der Waals surface area contributed by atoms with Crippen LogP contribution in [0.15, 0.2) is 11.2 Å². The Balaban J connectivity index is 2.03. The molecule has 1 fully saturated rings. The van der Waals surface area contributed by atoms with Crippen molar-refractivity contribution in [3.8, 4) is 0 Å². The largest absolute Gasteiger partial charge is 0.402 e. The van der Waals surface area contributed by atoms with Gasteiger partial charge in [0.2, 0.25) is 11.9 Å². The number of likely N-dealkylation sites (N-methyl/N-ethyl adjacent to an activating group) is 1. The molecule has 146 valence electrons. The molecule has 0 aromatic carbocycles. The van der Waals surface area contributed by atoms with E-state index in [2.05, 4.69) is 23.4 Å². The monoisotopic (exact) mass is 374 g/mol. The summed E-state index contributed by atoms with van der Waals surface area (Å²) >= 11 is 0. The number of rotatable bonds is 4. The third kappa shape index (κ3) is 2.87. The maximum absolute atomic E-state index is 13.2. The molecule has 8 nitrogen and oxygen atoms in total. The van der Waals surface area contributed by atoms with Crippen molar-refractivity contribution >= 4 is 29.5 Å². The lowest BCUT2D eigenvalue weighted by Gasteiger charge is -2.33. The van der Waals surface area contributed by atoms with Crippen LogP contribution in [0, 0.1) is 12.3 Å². The first kappa shape index (κ1) is 19.3. The van der Waals surface area contributed by atoms with E-state index in [1.54, 1.807) is 27.8 Å². The van der Waals surface area contributed by atoms with Crippen LogP contribution in [0.4, 0.5) is 10.7 Å². The highest BCUT2D eigenvalue weighted by Gasteiger charge is 2.53. The Labute approximate surface area is 159 Å². The number of imidazole rings is 1. The highest BCUT2D eigenvalue weighted by molar-refractivity contribution is 6.20. The first-order valence-electron chi connectivity index (χ1n) is 9.33. The number of hydrogen-bond acceptors (Lipinski definition) is 4. The smallest absolute Gasteiger partial charge is 0.297 e. The number of imide groups is 1. The third-order valence-electron chi connectivity index (χ3n) is 5.42. The van der Waals surface area contributed by atoms with Crippen LogP contribution in [0.25, 0.3) is 0 Å². The molecule has 2 atom stereocenters. The number of carbonyl (C=O) groups is 3. The van der Waals surface area contributed by atoms with Gasteiger partial charge in [-0.1, -0.05) is 32.7 Å². The van der Waals surface area contributed by atoms with Crippen molar-refractivity contribution in [3.05, 3.63) is 11.9 Å². The zero-order valence-corrected chi connectivity index (χ0v) is 17.1. The molecule has 0 bridgehead atoms. The zero-order chi connectivity index (χ0) is 20.3. The fraction of sp³-hybridized carbons (Fsp3) is 0.632. The molecule has 2 unspecified atom stereocenters. The normalized spacial score (nSPS) is 20.6. The number of amides is 3. The van der Waals surface area contributed by atoms with Gasteiger partial charge in [-0.05, 0) is 20.3 Å². The minimum absolute atomic E-state index is 0.158. The fourth-order valence-electron chi connectivity index (χ4n) is 3.46. The molecule has 2 aliphatic rings. The molecular weight excluding hydrogens is 346 g/mol. The Morgan fingerprint density at radius 3 is 2.52 bits per heavy atom. The number of aromatic nitrogens is 2. The molecule has 2 aliphatic heterocycles. The van der Waals surface area contributed by atoms with Gasteiger partial charge in [0, 0.05) is 12.5 Å². The Bertz CT molecular complexity index is 861. The highest BCUT2D eigenvalue weighted by atomic mass is 16.2. The van der Waals surface area contributed by atoms with E-state index in [1.807, 2.05) is 17.7 Å². The molecule has 27 heavy (non-hydrogen) atoms. The molecule has 3 amide bonds. The molecule has 0 saturated carbocycles. The number of carbonyl (C=O) groups excluding carboxylic acids is 3. The summed E-state index contributed by atoms with van der Waals surface area (Å²) in [6.07, 6.45) is 2.82. The first-order valence-corrected chi connectivity index (χ1v) is 9.33. The van der Waals surface area contributed by atoms with Gasteiger partial charge < -0.3 is 0 Å². The molecule has 3 heterocycles. The van der Waals surface area contributed by atoms with Gasteiger partial charge in [-0.2, -0.15) is 0 Å². The van der Waals surface area contributed by atoms with Gasteiger partial charge in [-0.25, -0.2) is 13.9 Å². The topological polar surface area (TPSA) is 78.9 Å². The molecule has 0 radical (unpaired) electrons. The van der Waals surface area contributed by atoms with E-state index in [0.29, 0.717) is 11.8 Å². The van der Waals surface area contributed by atoms with Crippen LogP contribution in [-0.4, -0.2) is 51.5 Å². The molecule has 1 aromatic heterocycles. The SMILES string of the molecule is CCC(C)n1c(C)c[n+]2c1N=C1C2C(=O)N(CC(=O)C(C)(C)C)C(=O)N1C. The number of Topliss-reactive ketones (excluding diaryl/α,β-unsaturated/α-hetero) is 1. The van der Waals surface area contributed by atoms with Crippen LogP contribution in [0.3, 0.4) is 0 Å². The van der Waals surface area contributed by atoms with E-state index in [-0.39, 0.29) is 18.4 Å². The van der Waals surface area contributed by atoms with E-state index in [4.69, 9.17) is 0 Å². The quantitative estimate of drug-likeness (QED) is 0.758. The zero-order valence-electron chi connectivity index (χ0n) is 17.1. The number of aryl methyl sites for hydroxylation is 1. The van der Waals surface area contributed by atoms with Gasteiger partial charge in [0.05, 0.1) is 12.6 Å². The number of amidine groups is 1. The summed E-state index contributed by atoms with van der Waals surface area (Å²) in [5.74, 6) is 0.518. The Kier molecular flexibility index (Phi) is 4.48. The standard InChI is InChI=1S/C19H28N5O3/c1-8-11(2)24-12(3)9-22-14-15(20-17(22)24)21(7)18(27)23(16(14)26)10-13(25)19(4,5)6/h9,11,14H,8,10H2,1-7H3/q+1. The molecule has 8 heteroatoms. The predicted molar refractivity (Wildman–Crippen MR) is 99.8 cm³/mol. The number of nitrogens with zero attached hydrogens (tertiary/aromatic N) is 5. The van der Waals surface area contributed by atoms with Crippen LogP contribution >= 0.6 is 0 Å². The number of urea groups is 1. The maximum Gasteiger partial charge on any atom is 0.402 e. The summed E-state index contributed by atoms with van der Waals surface area (Å²) in [4.78, 5) is 45.4. The van der Waals surface area contributed by atoms with E-state index in [1.165, 1.54) is 4.90 Å². The molecule has 3 rings (SSSR count). The van der Waals surface area contributed by atoms with Gasteiger partial charge in [0.15, 0.2) is 5.78 Å². The highest BCUT2D eigenvalue weighted by Crippen LogP contribution is 2.32. The van der Waals surface area contributed by atoms with Crippen molar-refractivity contribution in [2.75, 3.05) is 13.6 Å². The maximum atomic E-state index is 13.2. The van der Waals surface area contributed by atoms with Crippen molar-refractivity contribution in [1.29, 1.82) is 0 Å². The average Bonchev–Trinajstić information content (AvgIpc) is 3.09. The Morgan fingerprint density at radius 1 is 1.33 bits per heavy atom. The summed E-state index contributed by atoms with van der Waals surface area (Å²) in [6.45, 7) is 11.3. The van der Waals surface area contributed by atoms with Crippen LogP contribution in [-0.2, 0) is 9.59 Å². The summed E-state index contributed by atoms with van der Waals surface area (Å²) in [5.41, 5.74) is 0.379. The van der Waals surface area contributed by atoms with Crippen LogP contribution in [0.5, 0.6) is 0 Å². The second-order valence-electron chi connectivity index (χ2n) is 8.42. The van der Waals surface area contributed by atoms with E-state index in [9.17, 15) is 14.4 Å². The van der Waals surface area contributed by atoms with Crippen molar-refractivity contribution in [2.24, 2.45) is 10.4 Å². The second-order valence-corrected chi connectivity index (χ2v) is 8.42. The molecule has 0 N–H and O–H groups in total. The molecule has 1 saturated heterocycles. The van der Waals surface area contributed by atoms with Gasteiger partial charge in [-0.15, -0.1) is 0 Å². The lowest BCUT2D eigenvalue weighted by molar-refractivity contribution is -0.677. The lowest BCUT2D eigenvalue weighted by Crippen LogP contribution is -2.63. The van der Waals surface area contributed by atoms with Crippen LogP contribution in [0.1, 0.15) is 58.8 Å². The number of fused-ring (bicyclic) bond motifs is 3. The second kappa shape index (κ2) is 6.28. The van der Waals surface area contributed by atoms with Crippen molar-refractivity contribution < 1.29 is 19.0 Å². The van der Waals surface area contributed by atoms with E-state index < -0.39 is 23.4 Å². The number of hydrogen-bond donors (Lipinski definition) is 0. The van der Waals surface area contributed by atoms with E-state index >= 15 is 0 Å². The van der Waals surface area contributed by atoms with Gasteiger partial charge in [0.25, 0.3) is 5.91 Å². The van der Waals surface area contributed by atoms with Crippen LogP contribution < -0.4 is 4.57 Å². The van der Waals surface area contributed by atoms with Crippen molar-refractivity contribution in [3.63, 3.8) is 0 Å². The van der Waals surface area contributed by atoms with Gasteiger partial charge in [-0.3, -0.25) is 19.4 Å². The summed E-state index contributed by atoms with van der Waals surface area (Å²) in [7, 11) is 1.60. The summed E-state index contributed by atoms with van der Waals surface area (Å²) in [5, 5.41) is 0. The van der Waals surface area contributed by atoms with E-state index in [0.717, 1.165) is 17.0 Å². The molecule has 0 aliphatic carbocycles. The first-order chi connectivity index (χ1) is 12.5. The Hall–Kier alpha value is -2.51. The Morgan fingerprint density at radius 2 is 1.96 bits per heavy atom. The van der Waals surface area contributed by atoms with Gasteiger partial charge >= 0.3 is 12.0 Å². The minimum Gasteiger partial charge on any atom is -0.297 e. The summed E-state index contributed by atoms with van der Waals surface area (Å²) < 4.78 is 3.90. The number of ketones is 1. The van der Waals surface area contributed by atoms with Crippen molar-refractivity contribution in [1.82, 2.24) is 14.4 Å².